The van der Waals surface area contributed by atoms with Crippen LogP contribution in [0.2, 0.25) is 0 Å². The quantitative estimate of drug-likeness (QED) is 0.110. The Kier molecular flexibility index (Phi) is 7.10. The Hall–Kier alpha value is -4.99. The van der Waals surface area contributed by atoms with E-state index in [-0.39, 0.29) is 58.2 Å². The zero-order valence-electron chi connectivity index (χ0n) is 21.8. The van der Waals surface area contributed by atoms with Crippen LogP contribution in [0.25, 0.3) is 33.5 Å². The van der Waals surface area contributed by atoms with Crippen molar-refractivity contribution in [3.05, 3.63) is 59.7 Å². The lowest BCUT2D eigenvalue weighted by molar-refractivity contribution is -0.148. The summed E-state index contributed by atoms with van der Waals surface area (Å²) in [6, 6.07) is 9.66. The number of aliphatic hydroxyl groups is 1. The number of aliphatic carboxylic acids is 1. The Balaban J connectivity index is 1.67. The largest absolute Gasteiger partial charge is 0.507 e. The molecule has 4 aromatic rings. The minimum absolute atomic E-state index is 0.0561. The van der Waals surface area contributed by atoms with Gasteiger partial charge in [-0.1, -0.05) is 0 Å². The molecule has 42 heavy (non-hydrogen) atoms. The molecule has 0 radical (unpaired) electrons. The predicted octanol–water partition coefficient (Wildman–Crippen LogP) is 0.828. The monoisotopic (exact) mass is 594 g/mol. The molecule has 0 aliphatic carbocycles. The van der Waals surface area contributed by atoms with Gasteiger partial charge in [0.2, 0.25) is 15.9 Å². The average molecular weight is 595 g/mol. The molecule has 1 aliphatic rings. The van der Waals surface area contributed by atoms with Crippen molar-refractivity contribution in [1.29, 1.82) is 5.41 Å². The number of aromatic nitrogens is 2. The fourth-order valence-electron chi connectivity index (χ4n) is 4.99. The summed E-state index contributed by atoms with van der Waals surface area (Å²) in [5.41, 5.74) is 7.12. The van der Waals surface area contributed by atoms with Crippen LogP contribution in [-0.2, 0) is 26.0 Å². The summed E-state index contributed by atoms with van der Waals surface area (Å²) in [6.45, 7) is -0.174. The highest BCUT2D eigenvalue weighted by Crippen LogP contribution is 2.43. The van der Waals surface area contributed by atoms with Crippen molar-refractivity contribution in [1.82, 2.24) is 14.9 Å². The lowest BCUT2D eigenvalue weighted by Gasteiger charge is -2.22. The number of carbonyl (C=O) groups is 2. The van der Waals surface area contributed by atoms with E-state index in [9.17, 15) is 38.4 Å². The molecule has 1 amide bonds. The van der Waals surface area contributed by atoms with Gasteiger partial charge in [0.05, 0.1) is 34.0 Å². The molecule has 10 N–H and O–H groups in total. The summed E-state index contributed by atoms with van der Waals surface area (Å²) >= 11 is 0. The number of aliphatic hydroxyl groups excluding tert-OH is 1. The summed E-state index contributed by atoms with van der Waals surface area (Å²) in [6.07, 6.45) is -1.49. The molecule has 2 atom stereocenters. The number of rotatable bonds is 7. The van der Waals surface area contributed by atoms with Crippen molar-refractivity contribution in [3.8, 4) is 34.0 Å². The molecule has 3 aromatic carbocycles. The number of likely N-dealkylation sites (tertiary alicyclic amines) is 1. The number of carboxylic acids is 1. The minimum atomic E-state index is -4.19. The summed E-state index contributed by atoms with van der Waals surface area (Å²) in [5, 5.41) is 54.5. The van der Waals surface area contributed by atoms with E-state index in [1.807, 2.05) is 0 Å². The predicted molar refractivity (Wildman–Crippen MR) is 150 cm³/mol. The number of hydrogen-bond acceptors (Lipinski definition) is 9. The van der Waals surface area contributed by atoms with Crippen molar-refractivity contribution in [2.75, 3.05) is 6.54 Å². The number of phenols is 2. The number of amidine groups is 1. The van der Waals surface area contributed by atoms with Crippen LogP contribution in [0.4, 0.5) is 0 Å². The molecule has 0 spiro atoms. The smallest absolute Gasteiger partial charge is 0.326 e. The van der Waals surface area contributed by atoms with E-state index in [2.05, 4.69) is 9.97 Å². The number of H-pyrrole nitrogens is 1. The number of carboxylic acid groups (broad SMARTS) is 1. The second kappa shape index (κ2) is 10.4. The van der Waals surface area contributed by atoms with Crippen molar-refractivity contribution in [2.45, 2.75) is 29.9 Å². The Labute approximate surface area is 238 Å². The molecular weight excluding hydrogens is 568 g/mol. The summed E-state index contributed by atoms with van der Waals surface area (Å²) in [4.78, 5) is 33.2. The first-order chi connectivity index (χ1) is 19.7. The fourth-order valence-corrected chi connectivity index (χ4v) is 5.53. The second-order valence-electron chi connectivity index (χ2n) is 9.96. The van der Waals surface area contributed by atoms with Crippen molar-refractivity contribution >= 4 is 38.8 Å². The van der Waals surface area contributed by atoms with Gasteiger partial charge in [0, 0.05) is 29.7 Å². The second-order valence-corrected chi connectivity index (χ2v) is 11.5. The van der Waals surface area contributed by atoms with Crippen molar-refractivity contribution < 1.29 is 38.4 Å². The molecule has 2 heterocycles. The Morgan fingerprint density at radius 1 is 1.07 bits per heavy atom. The van der Waals surface area contributed by atoms with Crippen LogP contribution in [0.5, 0.6) is 11.5 Å². The third kappa shape index (κ3) is 5.35. The maximum absolute atomic E-state index is 13.2. The maximum Gasteiger partial charge on any atom is 0.326 e. The average Bonchev–Trinajstić information content (AvgIpc) is 3.52. The zero-order chi connectivity index (χ0) is 30.5. The lowest BCUT2D eigenvalue weighted by atomic mass is 9.95. The van der Waals surface area contributed by atoms with Gasteiger partial charge in [-0.05, 0) is 54.1 Å². The molecule has 1 saturated heterocycles. The third-order valence-corrected chi connectivity index (χ3v) is 7.96. The van der Waals surface area contributed by atoms with Gasteiger partial charge in [0.1, 0.15) is 29.2 Å². The number of primary sulfonamides is 1. The van der Waals surface area contributed by atoms with Crippen LogP contribution in [0, 0.1) is 5.41 Å². The van der Waals surface area contributed by atoms with Gasteiger partial charge in [0.25, 0.3) is 0 Å². The number of sulfonamides is 1. The molecule has 1 fully saturated rings. The van der Waals surface area contributed by atoms with E-state index >= 15 is 0 Å². The van der Waals surface area contributed by atoms with Gasteiger partial charge in [-0.3, -0.25) is 10.2 Å². The first kappa shape index (κ1) is 28.5. The molecule has 218 valence electrons. The van der Waals surface area contributed by atoms with Crippen LogP contribution in [0.1, 0.15) is 17.5 Å². The van der Waals surface area contributed by atoms with E-state index < -0.39 is 45.5 Å². The number of carbonyl (C=O) groups excluding carboxylic acids is 1. The van der Waals surface area contributed by atoms with Gasteiger partial charge in [-0.25, -0.2) is 23.3 Å². The van der Waals surface area contributed by atoms with E-state index in [0.717, 1.165) is 23.1 Å². The number of nitrogens with one attached hydrogen (secondary N) is 2. The van der Waals surface area contributed by atoms with Crippen LogP contribution in [0.15, 0.2) is 53.4 Å². The number of nitrogens with zero attached hydrogens (tertiary/aromatic N) is 2. The fraction of sp³-hybridized carbons (Fsp3) is 0.185. The molecule has 5 rings (SSSR count). The molecular formula is C27H26N6O8S. The molecule has 15 heteroatoms. The van der Waals surface area contributed by atoms with Gasteiger partial charge >= 0.3 is 5.97 Å². The number of phenolic OH excluding ortho intramolecular Hbond substituents is 2. The maximum atomic E-state index is 13.2. The van der Waals surface area contributed by atoms with Gasteiger partial charge in [-0.15, -0.1) is 0 Å². The first-order valence-electron chi connectivity index (χ1n) is 12.5. The molecule has 1 aliphatic heterocycles. The highest BCUT2D eigenvalue weighted by atomic mass is 32.2. The molecule has 2 unspecified atom stereocenters. The lowest BCUT2D eigenvalue weighted by Crippen LogP contribution is -2.41. The number of hydrogen-bond donors (Lipinski definition) is 8. The van der Waals surface area contributed by atoms with Crippen LogP contribution in [0.3, 0.4) is 0 Å². The first-order valence-corrected chi connectivity index (χ1v) is 14.0. The number of nitrogens with two attached hydrogens (primary N) is 2. The Morgan fingerprint density at radius 3 is 2.45 bits per heavy atom. The van der Waals surface area contributed by atoms with Crippen molar-refractivity contribution in [2.24, 2.45) is 10.9 Å². The van der Waals surface area contributed by atoms with Crippen LogP contribution < -0.4 is 10.9 Å². The normalized spacial score (nSPS) is 17.0. The number of aromatic hydroxyl groups is 2. The third-order valence-electron chi connectivity index (χ3n) is 7.05. The number of nitrogen functional groups attached to an aromatic ring is 1. The molecule has 0 saturated carbocycles. The van der Waals surface area contributed by atoms with Crippen molar-refractivity contribution in [3.63, 3.8) is 0 Å². The number of amides is 1. The highest BCUT2D eigenvalue weighted by Gasteiger charge is 2.38. The number of fused-ring (bicyclic) bond motifs is 1. The SMILES string of the molecule is N=C(N)c1ccc2[nH]c(-c3cc(CC(=O)N4CC(O)CC4C(=O)O)cc(-c4cc(S(N)(=O)=O)ccc4O)c3O)nc2c1. The number of benzene rings is 3. The number of β-amino-alcohol motifs (C(OH)–C–C–N with tert-alkyl or cyclic N) is 1. The van der Waals surface area contributed by atoms with Crippen LogP contribution in [-0.4, -0.2) is 80.1 Å². The summed E-state index contributed by atoms with van der Waals surface area (Å²) < 4.78 is 24.0. The Morgan fingerprint density at radius 2 is 1.79 bits per heavy atom. The minimum Gasteiger partial charge on any atom is -0.507 e. The zero-order valence-corrected chi connectivity index (χ0v) is 22.6. The van der Waals surface area contributed by atoms with Gasteiger partial charge in [0.15, 0.2) is 0 Å². The Bertz CT molecular complexity index is 1890. The molecule has 14 nitrogen and oxygen atoms in total. The van der Waals surface area contributed by atoms with Crippen LogP contribution >= 0.6 is 0 Å². The number of aromatic amines is 1. The summed E-state index contributed by atoms with van der Waals surface area (Å²) in [5.74, 6) is -2.72. The topological polar surface area (TPSA) is 257 Å². The molecule has 1 aromatic heterocycles. The standard InChI is InChI=1S/C27H26N6O8S/c28-25(29)13-1-3-19-20(8-13)32-26(31-19)18-6-12(7-23(36)33-11-14(34)9-21(33)27(38)39)5-17(24(18)37)16-10-15(42(30,40)41)2-4-22(16)35/h1-6,8,10,14,21,34-35,37H,7,9,11H2,(H3,28,29)(H,31,32)(H,38,39)(H2,30,40,41). The van der Waals surface area contributed by atoms with Gasteiger partial charge < -0.3 is 36.0 Å². The van der Waals surface area contributed by atoms with Gasteiger partial charge in [-0.2, -0.15) is 0 Å². The number of imidazole rings is 1. The van der Waals surface area contributed by atoms with E-state index in [1.165, 1.54) is 12.1 Å². The van der Waals surface area contributed by atoms with E-state index in [4.69, 9.17) is 16.3 Å². The highest BCUT2D eigenvalue weighted by molar-refractivity contribution is 7.89. The van der Waals surface area contributed by atoms with E-state index in [1.54, 1.807) is 18.2 Å². The molecule has 0 bridgehead atoms. The summed E-state index contributed by atoms with van der Waals surface area (Å²) in [7, 11) is -4.19. The van der Waals surface area contributed by atoms with E-state index in [0.29, 0.717) is 16.6 Å².